The van der Waals surface area contributed by atoms with Gasteiger partial charge in [-0.2, -0.15) is 11.8 Å². The number of esters is 1. The fourth-order valence-corrected chi connectivity index (χ4v) is 2.55. The molecule has 1 aromatic carbocycles. The third-order valence-corrected chi connectivity index (χ3v) is 4.22. The molecule has 2 atom stereocenters. The van der Waals surface area contributed by atoms with E-state index >= 15 is 0 Å². The molecule has 0 aromatic heterocycles. The summed E-state index contributed by atoms with van der Waals surface area (Å²) in [5, 5.41) is 5.77. The number of carbonyl (C=O) groups is 3. The van der Waals surface area contributed by atoms with Crippen molar-refractivity contribution in [3.05, 3.63) is 34.9 Å². The van der Waals surface area contributed by atoms with Crippen molar-refractivity contribution < 1.29 is 19.1 Å². The molecule has 138 valence electrons. The van der Waals surface area contributed by atoms with Crippen LogP contribution in [0.1, 0.15) is 30.6 Å². The van der Waals surface area contributed by atoms with Crippen LogP contribution < -0.4 is 10.6 Å². The maximum absolute atomic E-state index is 12.3. The quantitative estimate of drug-likeness (QED) is 0.636. The number of nitrogens with one attached hydrogen (secondary N) is 2. The van der Waals surface area contributed by atoms with Crippen molar-refractivity contribution >= 4 is 41.1 Å². The highest BCUT2D eigenvalue weighted by Gasteiger charge is 2.26. The molecule has 25 heavy (non-hydrogen) atoms. The van der Waals surface area contributed by atoms with Crippen molar-refractivity contribution in [2.75, 3.05) is 18.6 Å². The zero-order valence-electron chi connectivity index (χ0n) is 14.5. The third kappa shape index (κ3) is 7.36. The van der Waals surface area contributed by atoms with E-state index in [0.29, 0.717) is 29.3 Å². The lowest BCUT2D eigenvalue weighted by Crippen LogP contribution is -2.45. The van der Waals surface area contributed by atoms with E-state index in [9.17, 15) is 14.4 Å². The van der Waals surface area contributed by atoms with E-state index in [-0.39, 0.29) is 5.91 Å². The first-order chi connectivity index (χ1) is 11.9. The first-order valence-corrected chi connectivity index (χ1v) is 9.69. The summed E-state index contributed by atoms with van der Waals surface area (Å²) in [6.45, 7) is 3.72. The largest absolute Gasteiger partial charge is 0.451 e. The highest BCUT2D eigenvalue weighted by molar-refractivity contribution is 7.98. The van der Waals surface area contributed by atoms with Crippen molar-refractivity contribution in [1.82, 2.24) is 10.6 Å². The number of ether oxygens (including phenoxy) is 1. The summed E-state index contributed by atoms with van der Waals surface area (Å²) in [4.78, 5) is 36.3. The van der Waals surface area contributed by atoms with Gasteiger partial charge >= 0.3 is 5.97 Å². The summed E-state index contributed by atoms with van der Waals surface area (Å²) < 4.78 is 5.18. The fraction of sp³-hybridized carbons (Fsp3) is 0.471. The first kappa shape index (κ1) is 21.3. The number of rotatable bonds is 9. The van der Waals surface area contributed by atoms with Crippen LogP contribution in [-0.2, 0) is 14.3 Å². The lowest BCUT2D eigenvalue weighted by molar-refractivity contribution is -0.156. The van der Waals surface area contributed by atoms with Gasteiger partial charge in [0.05, 0.1) is 0 Å². The molecule has 0 fully saturated rings. The van der Waals surface area contributed by atoms with Crippen molar-refractivity contribution in [3.63, 3.8) is 0 Å². The Bertz CT molecular complexity index is 595. The molecule has 0 saturated heterocycles. The molecule has 2 N–H and O–H groups in total. The second-order valence-corrected chi connectivity index (χ2v) is 6.71. The topological polar surface area (TPSA) is 84.5 Å². The van der Waals surface area contributed by atoms with Crippen LogP contribution in [0.15, 0.2) is 24.3 Å². The zero-order chi connectivity index (χ0) is 18.8. The van der Waals surface area contributed by atoms with Gasteiger partial charge in [-0.1, -0.05) is 11.6 Å². The van der Waals surface area contributed by atoms with Gasteiger partial charge in [0.15, 0.2) is 6.10 Å². The summed E-state index contributed by atoms with van der Waals surface area (Å²) >= 11 is 7.36. The van der Waals surface area contributed by atoms with Gasteiger partial charge in [-0.15, -0.1) is 0 Å². The molecule has 8 heteroatoms. The minimum atomic E-state index is -0.920. The number of thioether (sulfide) groups is 1. The molecule has 6 nitrogen and oxygen atoms in total. The molecular formula is C17H23ClN2O4S. The van der Waals surface area contributed by atoms with Crippen LogP contribution in [0.5, 0.6) is 0 Å². The molecule has 0 heterocycles. The molecule has 0 radical (unpaired) electrons. The molecule has 0 aliphatic heterocycles. The van der Waals surface area contributed by atoms with E-state index < -0.39 is 24.0 Å². The molecule has 1 aromatic rings. The van der Waals surface area contributed by atoms with Crippen LogP contribution in [0, 0.1) is 0 Å². The molecule has 0 bridgehead atoms. The van der Waals surface area contributed by atoms with E-state index in [4.69, 9.17) is 16.3 Å². The minimum absolute atomic E-state index is 0.372. The maximum Gasteiger partial charge on any atom is 0.329 e. The van der Waals surface area contributed by atoms with Gasteiger partial charge in [-0.25, -0.2) is 4.79 Å². The van der Waals surface area contributed by atoms with Crippen LogP contribution in [-0.4, -0.2) is 48.5 Å². The molecule has 0 saturated carbocycles. The lowest BCUT2D eigenvalue weighted by Gasteiger charge is -2.20. The van der Waals surface area contributed by atoms with Crippen LogP contribution in [0.25, 0.3) is 0 Å². The molecule has 0 spiro atoms. The van der Waals surface area contributed by atoms with E-state index in [0.717, 1.165) is 0 Å². The maximum atomic E-state index is 12.3. The number of likely N-dealkylation sites (N-methyl/N-ethyl adjacent to an activating group) is 1. The van der Waals surface area contributed by atoms with Crippen molar-refractivity contribution in [2.45, 2.75) is 32.4 Å². The van der Waals surface area contributed by atoms with Gasteiger partial charge in [0, 0.05) is 17.1 Å². The van der Waals surface area contributed by atoms with E-state index in [2.05, 4.69) is 10.6 Å². The predicted octanol–water partition coefficient (Wildman–Crippen LogP) is 2.26. The Morgan fingerprint density at radius 3 is 2.44 bits per heavy atom. The predicted molar refractivity (Wildman–Crippen MR) is 99.9 cm³/mol. The smallest absolute Gasteiger partial charge is 0.329 e. The standard InChI is InChI=1S/C17H23ClN2O4S/c1-4-19-15(21)11(2)24-17(23)14(9-10-25-3)20-16(22)12-5-7-13(18)8-6-12/h5-8,11,14H,4,9-10H2,1-3H3,(H,19,21)(H,20,22)/t11-,14-/m1/s1. The summed E-state index contributed by atoms with van der Waals surface area (Å²) in [7, 11) is 0. The fourth-order valence-electron chi connectivity index (χ4n) is 1.96. The second kappa shape index (κ2) is 11.0. The third-order valence-electron chi connectivity index (χ3n) is 3.32. The molecule has 0 aliphatic rings. The Morgan fingerprint density at radius 2 is 1.88 bits per heavy atom. The van der Waals surface area contributed by atoms with Gasteiger partial charge in [0.25, 0.3) is 11.8 Å². The number of benzene rings is 1. The molecule has 0 unspecified atom stereocenters. The Labute approximate surface area is 157 Å². The van der Waals surface area contributed by atoms with Crippen LogP contribution in [0.4, 0.5) is 0 Å². The van der Waals surface area contributed by atoms with Crippen LogP contribution >= 0.6 is 23.4 Å². The molecular weight excluding hydrogens is 364 g/mol. The molecule has 0 aliphatic carbocycles. The van der Waals surface area contributed by atoms with Gasteiger partial charge in [0.1, 0.15) is 6.04 Å². The van der Waals surface area contributed by atoms with Crippen LogP contribution in [0.3, 0.4) is 0 Å². The van der Waals surface area contributed by atoms with Gasteiger partial charge in [-0.3, -0.25) is 9.59 Å². The minimum Gasteiger partial charge on any atom is -0.451 e. The summed E-state index contributed by atoms with van der Waals surface area (Å²) in [6, 6.07) is 5.52. The SMILES string of the molecule is CCNC(=O)[C@@H](C)OC(=O)[C@@H](CCSC)NC(=O)c1ccc(Cl)cc1. The second-order valence-electron chi connectivity index (χ2n) is 5.29. The number of hydrogen-bond donors (Lipinski definition) is 2. The van der Waals surface area contributed by atoms with E-state index in [1.54, 1.807) is 43.0 Å². The highest BCUT2D eigenvalue weighted by atomic mass is 35.5. The molecule has 2 amide bonds. The van der Waals surface area contributed by atoms with Gasteiger partial charge in [-0.05, 0) is 56.5 Å². The van der Waals surface area contributed by atoms with Crippen molar-refractivity contribution in [3.8, 4) is 0 Å². The first-order valence-electron chi connectivity index (χ1n) is 7.92. The van der Waals surface area contributed by atoms with Crippen molar-refractivity contribution in [2.24, 2.45) is 0 Å². The Kier molecular flexibility index (Phi) is 9.37. The number of hydrogen-bond acceptors (Lipinski definition) is 5. The van der Waals surface area contributed by atoms with E-state index in [1.165, 1.54) is 6.92 Å². The van der Waals surface area contributed by atoms with Gasteiger partial charge < -0.3 is 15.4 Å². The summed E-state index contributed by atoms with van der Waals surface area (Å²) in [6.07, 6.45) is 1.39. The Morgan fingerprint density at radius 1 is 1.24 bits per heavy atom. The monoisotopic (exact) mass is 386 g/mol. The van der Waals surface area contributed by atoms with E-state index in [1.807, 2.05) is 6.26 Å². The normalized spacial score (nSPS) is 12.8. The summed E-state index contributed by atoms with van der Waals surface area (Å²) in [5.41, 5.74) is 0.392. The van der Waals surface area contributed by atoms with Gasteiger partial charge in [0.2, 0.25) is 0 Å². The van der Waals surface area contributed by atoms with Crippen molar-refractivity contribution in [1.29, 1.82) is 0 Å². The van der Waals surface area contributed by atoms with Crippen LogP contribution in [0.2, 0.25) is 5.02 Å². The number of carbonyl (C=O) groups excluding carboxylic acids is 3. The Hall–Kier alpha value is -1.73. The average molecular weight is 387 g/mol. The zero-order valence-corrected chi connectivity index (χ0v) is 16.1. The summed E-state index contributed by atoms with van der Waals surface area (Å²) in [5.74, 6) is -0.736. The number of amides is 2. The highest BCUT2D eigenvalue weighted by Crippen LogP contribution is 2.11. The lowest BCUT2D eigenvalue weighted by atomic mass is 10.1. The Balaban J connectivity index is 2.74. The molecule has 1 rings (SSSR count). The number of halogens is 1. The average Bonchev–Trinajstić information content (AvgIpc) is 2.58.